The Hall–Kier alpha value is -2.68. The van der Waals surface area contributed by atoms with Crippen molar-refractivity contribution in [2.45, 2.75) is 25.3 Å². The lowest BCUT2D eigenvalue weighted by atomic mass is 9.89. The van der Waals surface area contributed by atoms with Crippen molar-refractivity contribution in [3.8, 4) is 0 Å². The standard InChI is InChI=1S/C19H25N5O3/c1-11-16(15(20)18(26-3)19(21,27-4)17(11)25-2)23-10-14-22-9-12-7-5-6-8-13(12)24-14/h5-9,18,23H,10,20-21H2,1-4H3. The van der Waals surface area contributed by atoms with Gasteiger partial charge in [0.25, 0.3) is 0 Å². The highest BCUT2D eigenvalue weighted by Crippen LogP contribution is 2.35. The summed E-state index contributed by atoms with van der Waals surface area (Å²) in [6.45, 7) is 2.25. The summed E-state index contributed by atoms with van der Waals surface area (Å²) in [6.07, 6.45) is 1.09. The van der Waals surface area contributed by atoms with Crippen LogP contribution in [-0.2, 0) is 20.8 Å². The molecule has 2 atom stereocenters. The van der Waals surface area contributed by atoms with Crippen LogP contribution in [0.15, 0.2) is 53.2 Å². The summed E-state index contributed by atoms with van der Waals surface area (Å²) in [5.41, 5.74) is 14.2. The number of nitrogens with zero attached hydrogens (tertiary/aromatic N) is 2. The molecule has 0 saturated heterocycles. The van der Waals surface area contributed by atoms with Crippen LogP contribution in [0.25, 0.3) is 10.9 Å². The van der Waals surface area contributed by atoms with Crippen LogP contribution in [0.5, 0.6) is 0 Å². The van der Waals surface area contributed by atoms with E-state index >= 15 is 0 Å². The van der Waals surface area contributed by atoms with E-state index in [0.29, 0.717) is 29.5 Å². The van der Waals surface area contributed by atoms with Gasteiger partial charge in [0.05, 0.1) is 30.6 Å². The van der Waals surface area contributed by atoms with Crippen LogP contribution >= 0.6 is 0 Å². The molecule has 1 aliphatic carbocycles. The average Bonchev–Trinajstić information content (AvgIpc) is 2.68. The number of ether oxygens (including phenoxy) is 3. The van der Waals surface area contributed by atoms with E-state index in [4.69, 9.17) is 25.7 Å². The minimum absolute atomic E-state index is 0.385. The average molecular weight is 371 g/mol. The third-order valence-electron chi connectivity index (χ3n) is 4.77. The molecule has 5 N–H and O–H groups in total. The fourth-order valence-corrected chi connectivity index (χ4v) is 3.42. The van der Waals surface area contributed by atoms with Crippen LogP contribution in [-0.4, -0.2) is 43.1 Å². The van der Waals surface area contributed by atoms with Gasteiger partial charge in [-0.25, -0.2) is 9.97 Å². The van der Waals surface area contributed by atoms with Crippen molar-refractivity contribution in [1.82, 2.24) is 15.3 Å². The predicted octanol–water partition coefficient (Wildman–Crippen LogP) is 1.14. The predicted molar refractivity (Wildman–Crippen MR) is 102 cm³/mol. The Morgan fingerprint density at radius 3 is 2.63 bits per heavy atom. The summed E-state index contributed by atoms with van der Waals surface area (Å²) in [4.78, 5) is 8.97. The Morgan fingerprint density at radius 1 is 1.22 bits per heavy atom. The maximum Gasteiger partial charge on any atom is 0.207 e. The van der Waals surface area contributed by atoms with Crippen LogP contribution < -0.4 is 16.8 Å². The maximum atomic E-state index is 6.38. The van der Waals surface area contributed by atoms with Crippen LogP contribution in [0.2, 0.25) is 0 Å². The lowest BCUT2D eigenvalue weighted by molar-refractivity contribution is -0.103. The quantitative estimate of drug-likeness (QED) is 0.647. The monoisotopic (exact) mass is 371 g/mol. The molecule has 2 aromatic rings. The van der Waals surface area contributed by atoms with Gasteiger partial charge in [0.1, 0.15) is 11.9 Å². The summed E-state index contributed by atoms with van der Waals surface area (Å²) in [7, 11) is 4.56. The molecule has 0 bridgehead atoms. The normalized spacial score (nSPS) is 23.1. The molecule has 27 heavy (non-hydrogen) atoms. The number of methoxy groups -OCH3 is 3. The zero-order valence-corrected chi connectivity index (χ0v) is 15.9. The Labute approximate surface area is 158 Å². The highest BCUT2D eigenvalue weighted by Gasteiger charge is 2.48. The van der Waals surface area contributed by atoms with E-state index < -0.39 is 11.8 Å². The van der Waals surface area contributed by atoms with E-state index in [1.54, 1.807) is 6.20 Å². The first-order valence-electron chi connectivity index (χ1n) is 8.53. The molecule has 0 saturated carbocycles. The molecule has 144 valence electrons. The van der Waals surface area contributed by atoms with Gasteiger partial charge in [0.2, 0.25) is 5.72 Å². The number of fused-ring (bicyclic) bond motifs is 1. The van der Waals surface area contributed by atoms with Gasteiger partial charge in [-0.05, 0) is 13.0 Å². The zero-order chi connectivity index (χ0) is 19.6. The minimum Gasteiger partial charge on any atom is -0.496 e. The molecule has 0 fully saturated rings. The third kappa shape index (κ3) is 3.23. The number of rotatable bonds is 6. The number of hydrogen-bond donors (Lipinski definition) is 3. The number of para-hydroxylation sites is 1. The molecule has 0 spiro atoms. The topological polar surface area (TPSA) is 118 Å². The minimum atomic E-state index is -1.30. The van der Waals surface area contributed by atoms with E-state index in [1.165, 1.54) is 21.3 Å². The highest BCUT2D eigenvalue weighted by molar-refractivity contribution is 5.77. The number of hydrogen-bond acceptors (Lipinski definition) is 8. The number of nitrogens with one attached hydrogen (secondary N) is 1. The fourth-order valence-electron chi connectivity index (χ4n) is 3.42. The van der Waals surface area contributed by atoms with Crippen molar-refractivity contribution < 1.29 is 14.2 Å². The van der Waals surface area contributed by atoms with Gasteiger partial charge >= 0.3 is 0 Å². The van der Waals surface area contributed by atoms with Gasteiger partial charge in [-0.15, -0.1) is 0 Å². The summed E-state index contributed by atoms with van der Waals surface area (Å²) in [6, 6.07) is 7.82. The number of aromatic nitrogens is 2. The Balaban J connectivity index is 1.92. The van der Waals surface area contributed by atoms with Crippen molar-refractivity contribution in [2.24, 2.45) is 11.5 Å². The molecular weight excluding hydrogens is 346 g/mol. The second-order valence-electron chi connectivity index (χ2n) is 6.30. The Bertz CT molecular complexity index is 911. The number of benzene rings is 1. The van der Waals surface area contributed by atoms with Gasteiger partial charge in [0.15, 0.2) is 5.76 Å². The highest BCUT2D eigenvalue weighted by atomic mass is 16.6. The van der Waals surface area contributed by atoms with Crippen molar-refractivity contribution >= 4 is 10.9 Å². The zero-order valence-electron chi connectivity index (χ0n) is 15.9. The molecule has 0 radical (unpaired) electrons. The second-order valence-corrected chi connectivity index (χ2v) is 6.30. The SMILES string of the molecule is COC1=C(C)C(NCc2ncc3ccccc3n2)=C(N)C(OC)C1(N)OC. The van der Waals surface area contributed by atoms with Gasteiger partial charge in [-0.3, -0.25) is 5.73 Å². The van der Waals surface area contributed by atoms with Crippen molar-refractivity contribution in [1.29, 1.82) is 0 Å². The molecular formula is C19H25N5O3. The third-order valence-corrected chi connectivity index (χ3v) is 4.77. The molecule has 1 aliphatic rings. The Kier molecular flexibility index (Phi) is 5.31. The van der Waals surface area contributed by atoms with E-state index in [0.717, 1.165) is 16.5 Å². The largest absolute Gasteiger partial charge is 0.496 e. The smallest absolute Gasteiger partial charge is 0.207 e. The molecule has 8 nitrogen and oxygen atoms in total. The van der Waals surface area contributed by atoms with E-state index in [2.05, 4.69) is 15.3 Å². The van der Waals surface area contributed by atoms with Gasteiger partial charge in [-0.1, -0.05) is 18.2 Å². The molecule has 3 rings (SSSR count). The molecule has 0 aliphatic heterocycles. The first kappa shape index (κ1) is 19.1. The summed E-state index contributed by atoms with van der Waals surface area (Å²) in [5.74, 6) is 1.10. The number of nitrogens with two attached hydrogens (primary N) is 2. The second kappa shape index (κ2) is 7.51. The molecule has 0 amide bonds. The van der Waals surface area contributed by atoms with Gasteiger partial charge in [0, 0.05) is 31.4 Å². The lowest BCUT2D eigenvalue weighted by Gasteiger charge is -2.41. The molecule has 8 heteroatoms. The maximum absolute atomic E-state index is 6.38. The van der Waals surface area contributed by atoms with Crippen molar-refractivity contribution in [2.75, 3.05) is 21.3 Å². The fraction of sp³-hybridized carbons (Fsp3) is 0.368. The summed E-state index contributed by atoms with van der Waals surface area (Å²) < 4.78 is 16.5. The van der Waals surface area contributed by atoms with Crippen LogP contribution in [0, 0.1) is 0 Å². The van der Waals surface area contributed by atoms with Crippen LogP contribution in [0.1, 0.15) is 12.7 Å². The van der Waals surface area contributed by atoms with Crippen LogP contribution in [0.4, 0.5) is 0 Å². The van der Waals surface area contributed by atoms with E-state index in [-0.39, 0.29) is 0 Å². The van der Waals surface area contributed by atoms with Gasteiger partial charge < -0.3 is 25.3 Å². The molecule has 1 aromatic heterocycles. The molecule has 1 aromatic carbocycles. The summed E-state index contributed by atoms with van der Waals surface area (Å²) >= 11 is 0. The van der Waals surface area contributed by atoms with Crippen molar-refractivity contribution in [3.63, 3.8) is 0 Å². The van der Waals surface area contributed by atoms with E-state index in [1.807, 2.05) is 31.2 Å². The summed E-state index contributed by atoms with van der Waals surface area (Å²) in [5, 5.41) is 4.28. The Morgan fingerprint density at radius 2 is 1.96 bits per heavy atom. The van der Waals surface area contributed by atoms with E-state index in [9.17, 15) is 0 Å². The van der Waals surface area contributed by atoms with Gasteiger partial charge in [-0.2, -0.15) is 0 Å². The van der Waals surface area contributed by atoms with Crippen molar-refractivity contribution in [3.05, 3.63) is 59.0 Å². The first-order valence-corrected chi connectivity index (χ1v) is 8.53. The van der Waals surface area contributed by atoms with Crippen LogP contribution in [0.3, 0.4) is 0 Å². The number of allylic oxidation sites excluding steroid dienone is 1. The molecule has 2 unspecified atom stereocenters. The molecule has 1 heterocycles. The lowest BCUT2D eigenvalue weighted by Crippen LogP contribution is -2.60. The first-order chi connectivity index (χ1) is 13.0.